The molecule has 0 aliphatic rings. The molecule has 1 N–H and O–H groups in total. The first-order chi connectivity index (χ1) is 12.9. The average molecular weight is 476 g/mol. The number of anilines is 1. The highest BCUT2D eigenvalue weighted by Crippen LogP contribution is 2.23. The first-order valence-electron chi connectivity index (χ1n) is 7.92. The van der Waals surface area contributed by atoms with Crippen molar-refractivity contribution in [3.05, 3.63) is 62.7 Å². The van der Waals surface area contributed by atoms with Crippen molar-refractivity contribution in [1.29, 1.82) is 5.26 Å². The fraction of sp³-hybridized carbons (Fsp3) is 0.150. The van der Waals surface area contributed by atoms with Crippen LogP contribution in [-0.2, 0) is 14.3 Å². The molecule has 6 nitrogen and oxygen atoms in total. The van der Waals surface area contributed by atoms with Crippen molar-refractivity contribution in [2.75, 3.05) is 19.0 Å². The van der Waals surface area contributed by atoms with Crippen molar-refractivity contribution in [2.24, 2.45) is 0 Å². The van der Waals surface area contributed by atoms with Crippen molar-refractivity contribution in [1.82, 2.24) is 0 Å². The van der Waals surface area contributed by atoms with E-state index in [-0.39, 0.29) is 12.2 Å². The quantitative estimate of drug-likeness (QED) is 0.298. The summed E-state index contributed by atoms with van der Waals surface area (Å²) in [5.74, 6) is -0.447. The summed E-state index contributed by atoms with van der Waals surface area (Å²) in [5.41, 5.74) is 2.34. The van der Waals surface area contributed by atoms with E-state index < -0.39 is 11.9 Å². The Labute approximate surface area is 170 Å². The number of carbonyl (C=O) groups is 2. The van der Waals surface area contributed by atoms with Crippen molar-refractivity contribution < 1.29 is 19.1 Å². The maximum absolute atomic E-state index is 12.3. The van der Waals surface area contributed by atoms with Crippen LogP contribution in [0.5, 0.6) is 5.75 Å². The molecule has 0 aromatic heterocycles. The zero-order valence-corrected chi connectivity index (χ0v) is 16.9. The summed E-state index contributed by atoms with van der Waals surface area (Å²) >= 11 is 2.05. The van der Waals surface area contributed by atoms with E-state index in [1.807, 2.05) is 25.1 Å². The van der Waals surface area contributed by atoms with Gasteiger partial charge in [0.05, 0.1) is 10.7 Å². The van der Waals surface area contributed by atoms with Crippen molar-refractivity contribution in [2.45, 2.75) is 6.92 Å². The number of aryl methyl sites for hydroxylation is 1. The van der Waals surface area contributed by atoms with E-state index in [2.05, 4.69) is 32.6 Å². The number of ether oxygens (including phenoxy) is 2. The number of carbonyl (C=O) groups excluding carboxylic acids is 2. The summed E-state index contributed by atoms with van der Waals surface area (Å²) in [4.78, 5) is 23.5. The number of nitrogens with zero attached hydrogens (tertiary/aromatic N) is 1. The fourth-order valence-electron chi connectivity index (χ4n) is 2.07. The number of benzene rings is 2. The number of esters is 1. The van der Waals surface area contributed by atoms with Crippen LogP contribution in [0, 0.1) is 21.8 Å². The second kappa shape index (κ2) is 9.73. The minimum atomic E-state index is -0.484. The number of hydrogen-bond acceptors (Lipinski definition) is 5. The van der Waals surface area contributed by atoms with Gasteiger partial charge in [-0.3, -0.25) is 4.79 Å². The molecule has 0 radical (unpaired) electrons. The Morgan fingerprint density at radius 1 is 1.22 bits per heavy atom. The minimum Gasteiger partial charge on any atom is -0.481 e. The topological polar surface area (TPSA) is 88.4 Å². The lowest BCUT2D eigenvalue weighted by molar-refractivity contribution is -0.142. The molecule has 0 bridgehead atoms. The van der Waals surface area contributed by atoms with Gasteiger partial charge in [0.1, 0.15) is 17.4 Å². The maximum Gasteiger partial charge on any atom is 0.343 e. The van der Waals surface area contributed by atoms with Gasteiger partial charge < -0.3 is 14.8 Å². The Balaban J connectivity index is 2.13. The first kappa shape index (κ1) is 20.5. The van der Waals surface area contributed by atoms with Gasteiger partial charge in [-0.15, -0.1) is 0 Å². The fourth-order valence-corrected chi connectivity index (χ4v) is 2.77. The van der Waals surface area contributed by atoms with E-state index in [0.717, 1.165) is 9.13 Å². The van der Waals surface area contributed by atoms with Gasteiger partial charge in [0.25, 0.3) is 5.91 Å². The Kier molecular flexibility index (Phi) is 7.37. The van der Waals surface area contributed by atoms with Gasteiger partial charge in [-0.05, 0) is 65.4 Å². The molecule has 0 aliphatic carbocycles. The predicted molar refractivity (Wildman–Crippen MR) is 110 cm³/mol. The summed E-state index contributed by atoms with van der Waals surface area (Å²) in [5, 5.41) is 12.0. The number of amides is 1. The van der Waals surface area contributed by atoms with Crippen LogP contribution in [0.15, 0.2) is 48.0 Å². The molecule has 0 heterocycles. The van der Waals surface area contributed by atoms with Crippen LogP contribution in [0.25, 0.3) is 6.08 Å². The first-order valence-corrected chi connectivity index (χ1v) is 9.00. The Hall–Kier alpha value is -2.86. The lowest BCUT2D eigenvalue weighted by Crippen LogP contribution is -2.13. The van der Waals surface area contributed by atoms with Crippen LogP contribution in [0.3, 0.4) is 0 Å². The number of nitrogens with one attached hydrogen (secondary N) is 1. The van der Waals surface area contributed by atoms with Gasteiger partial charge in [0.15, 0.2) is 6.61 Å². The number of hydrogen-bond donors (Lipinski definition) is 1. The summed E-state index contributed by atoms with van der Waals surface area (Å²) in [7, 11) is 1.29. The van der Waals surface area contributed by atoms with E-state index >= 15 is 0 Å². The van der Waals surface area contributed by atoms with Gasteiger partial charge in [0, 0.05) is 5.69 Å². The molecule has 2 aromatic carbocycles. The summed E-state index contributed by atoms with van der Waals surface area (Å²) < 4.78 is 10.6. The molecule has 2 aromatic rings. The van der Waals surface area contributed by atoms with E-state index in [1.165, 1.54) is 13.2 Å². The summed E-state index contributed by atoms with van der Waals surface area (Å²) in [6.07, 6.45) is 1.50. The van der Waals surface area contributed by atoms with Crippen molar-refractivity contribution in [3.8, 4) is 11.8 Å². The van der Waals surface area contributed by atoms with E-state index in [4.69, 9.17) is 4.74 Å². The molecule has 7 heteroatoms. The molecule has 0 aliphatic heterocycles. The van der Waals surface area contributed by atoms with Gasteiger partial charge in [-0.25, -0.2) is 4.79 Å². The molecule has 0 saturated heterocycles. The van der Waals surface area contributed by atoms with E-state index in [0.29, 0.717) is 17.0 Å². The molecule has 0 spiro atoms. The molecule has 0 atom stereocenters. The highest BCUT2D eigenvalue weighted by atomic mass is 127. The normalized spacial score (nSPS) is 10.7. The van der Waals surface area contributed by atoms with Gasteiger partial charge in [-0.2, -0.15) is 5.26 Å². The number of halogens is 1. The predicted octanol–water partition coefficient (Wildman–Crippen LogP) is 3.70. The third-order valence-electron chi connectivity index (χ3n) is 3.51. The highest BCUT2D eigenvalue weighted by molar-refractivity contribution is 14.1. The summed E-state index contributed by atoms with van der Waals surface area (Å²) in [6, 6.07) is 14.3. The zero-order chi connectivity index (χ0) is 19.8. The van der Waals surface area contributed by atoms with Crippen LogP contribution in [0.4, 0.5) is 5.69 Å². The average Bonchev–Trinajstić information content (AvgIpc) is 2.66. The summed E-state index contributed by atoms with van der Waals surface area (Å²) in [6.45, 7) is 1.76. The zero-order valence-electron chi connectivity index (χ0n) is 14.8. The van der Waals surface area contributed by atoms with Crippen LogP contribution in [0.1, 0.15) is 11.1 Å². The number of nitriles is 1. The third-order valence-corrected chi connectivity index (χ3v) is 4.36. The maximum atomic E-state index is 12.3. The number of methoxy groups -OCH3 is 1. The molecule has 2 rings (SSSR count). The second-order valence-corrected chi connectivity index (χ2v) is 6.71. The highest BCUT2D eigenvalue weighted by Gasteiger charge is 2.11. The SMILES string of the molecule is COC(=O)COc1ccc(/C=C(\C#N)C(=O)Nc2ccc(C)cc2)cc1I. The molecule has 0 fully saturated rings. The lowest BCUT2D eigenvalue weighted by Gasteiger charge is -2.08. The molecule has 1 amide bonds. The molecule has 0 unspecified atom stereocenters. The Morgan fingerprint density at radius 2 is 1.93 bits per heavy atom. The van der Waals surface area contributed by atoms with Crippen molar-refractivity contribution in [3.63, 3.8) is 0 Å². The smallest absolute Gasteiger partial charge is 0.343 e. The molecule has 0 saturated carbocycles. The lowest BCUT2D eigenvalue weighted by atomic mass is 10.1. The van der Waals surface area contributed by atoms with Crippen LogP contribution >= 0.6 is 22.6 Å². The molecular formula is C20H17IN2O4. The molecular weight excluding hydrogens is 459 g/mol. The Bertz CT molecular complexity index is 915. The van der Waals surface area contributed by atoms with Gasteiger partial charge in [0.2, 0.25) is 0 Å². The second-order valence-electron chi connectivity index (χ2n) is 5.54. The van der Waals surface area contributed by atoms with Gasteiger partial charge >= 0.3 is 5.97 Å². The van der Waals surface area contributed by atoms with Crippen LogP contribution in [-0.4, -0.2) is 25.6 Å². The van der Waals surface area contributed by atoms with Gasteiger partial charge in [-0.1, -0.05) is 23.8 Å². The van der Waals surface area contributed by atoms with E-state index in [1.54, 1.807) is 30.3 Å². The molecule has 27 heavy (non-hydrogen) atoms. The minimum absolute atomic E-state index is 0.0189. The Morgan fingerprint density at radius 3 is 2.52 bits per heavy atom. The largest absolute Gasteiger partial charge is 0.481 e. The number of rotatable bonds is 6. The third kappa shape index (κ3) is 6.11. The molecule has 138 valence electrons. The van der Waals surface area contributed by atoms with Crippen LogP contribution < -0.4 is 10.1 Å². The van der Waals surface area contributed by atoms with E-state index in [9.17, 15) is 14.9 Å². The standard InChI is InChI=1S/C20H17IN2O4/c1-13-3-6-16(7-4-13)23-20(25)15(11-22)9-14-5-8-18(17(21)10-14)27-12-19(24)26-2/h3-10H,12H2,1-2H3,(H,23,25)/b15-9+. The van der Waals surface area contributed by atoms with Crippen molar-refractivity contribution >= 4 is 46.2 Å². The van der Waals surface area contributed by atoms with Crippen LogP contribution in [0.2, 0.25) is 0 Å². The monoisotopic (exact) mass is 476 g/mol.